The van der Waals surface area contributed by atoms with Crippen LogP contribution in [0.25, 0.3) is 21.7 Å². The van der Waals surface area contributed by atoms with E-state index >= 15 is 0 Å². The monoisotopic (exact) mass is 271 g/mol. The van der Waals surface area contributed by atoms with E-state index < -0.39 is 0 Å². The van der Waals surface area contributed by atoms with E-state index in [9.17, 15) is 0 Å². The van der Waals surface area contributed by atoms with E-state index in [1.165, 1.54) is 32.8 Å². The molecule has 1 aromatic heterocycles. The highest BCUT2D eigenvalue weighted by Gasteiger charge is 2.14. The van der Waals surface area contributed by atoms with Gasteiger partial charge in [-0.3, -0.25) is 0 Å². The molecule has 0 fully saturated rings. The van der Waals surface area contributed by atoms with Gasteiger partial charge in [-0.2, -0.15) is 0 Å². The van der Waals surface area contributed by atoms with Crippen LogP contribution in [0.5, 0.6) is 0 Å². The molecule has 1 unspecified atom stereocenters. The Morgan fingerprint density at radius 2 is 1.57 bits per heavy atom. The molecule has 0 saturated carbocycles. The summed E-state index contributed by atoms with van der Waals surface area (Å²) >= 11 is 0. The van der Waals surface area contributed by atoms with Crippen molar-refractivity contribution in [2.45, 2.75) is 12.8 Å². The van der Waals surface area contributed by atoms with Gasteiger partial charge >= 0.3 is 0 Å². The second-order valence-electron chi connectivity index (χ2n) is 5.59. The highest BCUT2D eigenvalue weighted by Crippen LogP contribution is 2.34. The first-order chi connectivity index (χ1) is 10.3. The quantitative estimate of drug-likeness (QED) is 0.497. The van der Waals surface area contributed by atoms with E-state index in [0.717, 1.165) is 0 Å². The summed E-state index contributed by atoms with van der Waals surface area (Å²) in [5.74, 6) is 0.380. The van der Waals surface area contributed by atoms with Gasteiger partial charge in [0.15, 0.2) is 0 Å². The molecule has 4 rings (SSSR count). The molecule has 0 aliphatic carbocycles. The molecule has 0 amide bonds. The van der Waals surface area contributed by atoms with Crippen LogP contribution in [0.4, 0.5) is 0 Å². The molecule has 1 heterocycles. The van der Waals surface area contributed by atoms with Gasteiger partial charge < -0.3 is 4.98 Å². The molecule has 0 bridgehead atoms. The Balaban J connectivity index is 1.99. The number of rotatable bonds is 2. The molecular formula is C20H17N. The highest BCUT2D eigenvalue weighted by atomic mass is 14.7. The fraction of sp³-hybridized carbons (Fsp3) is 0.100. The van der Waals surface area contributed by atoms with Crippen LogP contribution in [0.15, 0.2) is 72.9 Å². The van der Waals surface area contributed by atoms with Crippen molar-refractivity contribution in [2.24, 2.45) is 0 Å². The van der Waals surface area contributed by atoms with Crippen LogP contribution < -0.4 is 0 Å². The molecule has 3 aromatic carbocycles. The van der Waals surface area contributed by atoms with Crippen LogP contribution in [0.1, 0.15) is 24.0 Å². The summed E-state index contributed by atoms with van der Waals surface area (Å²) in [6.45, 7) is 2.28. The summed E-state index contributed by atoms with van der Waals surface area (Å²) < 4.78 is 0. The molecule has 1 heteroatoms. The van der Waals surface area contributed by atoms with E-state index in [1.807, 2.05) is 0 Å². The maximum absolute atomic E-state index is 3.43. The van der Waals surface area contributed by atoms with E-state index in [-0.39, 0.29) is 0 Å². The summed E-state index contributed by atoms with van der Waals surface area (Å²) in [6, 6.07) is 23.7. The molecular weight excluding hydrogens is 254 g/mol. The largest absolute Gasteiger partial charge is 0.361 e. The van der Waals surface area contributed by atoms with E-state index in [2.05, 4.69) is 84.8 Å². The van der Waals surface area contributed by atoms with Crippen molar-refractivity contribution >= 4 is 21.7 Å². The molecule has 0 saturated heterocycles. The third kappa shape index (κ3) is 1.93. The number of benzene rings is 3. The number of nitrogens with one attached hydrogen (secondary N) is 1. The zero-order valence-electron chi connectivity index (χ0n) is 12.0. The number of fused-ring (bicyclic) bond motifs is 3. The molecule has 0 aliphatic heterocycles. The molecule has 1 N–H and O–H groups in total. The van der Waals surface area contributed by atoms with Gasteiger partial charge in [-0.05, 0) is 28.0 Å². The average molecular weight is 271 g/mol. The molecule has 0 spiro atoms. The molecule has 21 heavy (non-hydrogen) atoms. The van der Waals surface area contributed by atoms with Gasteiger partial charge in [-0.15, -0.1) is 0 Å². The SMILES string of the molecule is CC(c1ccccc1)c1c[nH]c2ccc3ccccc3c12. The lowest BCUT2D eigenvalue weighted by Crippen LogP contribution is -1.94. The molecule has 4 aromatic rings. The number of aromatic nitrogens is 1. The number of hydrogen-bond acceptors (Lipinski definition) is 0. The maximum Gasteiger partial charge on any atom is 0.0463 e. The normalized spacial score (nSPS) is 12.8. The fourth-order valence-corrected chi connectivity index (χ4v) is 3.19. The molecule has 0 radical (unpaired) electrons. The third-order valence-corrected chi connectivity index (χ3v) is 4.37. The molecule has 102 valence electrons. The first-order valence-electron chi connectivity index (χ1n) is 7.38. The fourth-order valence-electron chi connectivity index (χ4n) is 3.19. The van der Waals surface area contributed by atoms with Crippen molar-refractivity contribution in [3.63, 3.8) is 0 Å². The molecule has 0 aliphatic rings. The van der Waals surface area contributed by atoms with Crippen LogP contribution in [-0.4, -0.2) is 4.98 Å². The molecule has 1 nitrogen and oxygen atoms in total. The standard InChI is InChI=1S/C20H17N/c1-14(15-7-3-2-4-8-15)18-13-21-19-12-11-16-9-5-6-10-17(16)20(18)19/h2-14,21H,1H3. The van der Waals surface area contributed by atoms with Gasteiger partial charge in [-0.25, -0.2) is 0 Å². The molecule has 1 atom stereocenters. The van der Waals surface area contributed by atoms with Gasteiger partial charge in [0.05, 0.1) is 0 Å². The Morgan fingerprint density at radius 1 is 0.810 bits per heavy atom. The third-order valence-electron chi connectivity index (χ3n) is 4.37. The van der Waals surface area contributed by atoms with Crippen LogP contribution in [0, 0.1) is 0 Å². The Morgan fingerprint density at radius 3 is 2.43 bits per heavy atom. The zero-order valence-corrected chi connectivity index (χ0v) is 12.0. The van der Waals surface area contributed by atoms with Crippen LogP contribution in [0.2, 0.25) is 0 Å². The minimum atomic E-state index is 0.380. The van der Waals surface area contributed by atoms with Crippen molar-refractivity contribution in [3.8, 4) is 0 Å². The first kappa shape index (κ1) is 12.2. The number of aromatic amines is 1. The Labute approximate surface area is 124 Å². The van der Waals surface area contributed by atoms with Crippen LogP contribution in [-0.2, 0) is 0 Å². The van der Waals surface area contributed by atoms with Crippen molar-refractivity contribution < 1.29 is 0 Å². The lowest BCUT2D eigenvalue weighted by molar-refractivity contribution is 0.933. The maximum atomic E-state index is 3.43. The topological polar surface area (TPSA) is 15.8 Å². The Hall–Kier alpha value is -2.54. The van der Waals surface area contributed by atoms with Crippen molar-refractivity contribution in [1.29, 1.82) is 0 Å². The predicted molar refractivity (Wildman–Crippen MR) is 89.8 cm³/mol. The summed E-state index contributed by atoms with van der Waals surface area (Å²) in [4.78, 5) is 3.43. The van der Waals surface area contributed by atoms with E-state index in [0.29, 0.717) is 5.92 Å². The van der Waals surface area contributed by atoms with Crippen LogP contribution >= 0.6 is 0 Å². The van der Waals surface area contributed by atoms with Crippen LogP contribution in [0.3, 0.4) is 0 Å². The van der Waals surface area contributed by atoms with Gasteiger partial charge in [-0.1, -0.05) is 67.6 Å². The lowest BCUT2D eigenvalue weighted by atomic mass is 9.91. The number of H-pyrrole nitrogens is 1. The first-order valence-corrected chi connectivity index (χ1v) is 7.38. The average Bonchev–Trinajstić information content (AvgIpc) is 2.99. The Kier molecular flexibility index (Phi) is 2.78. The summed E-state index contributed by atoms with van der Waals surface area (Å²) in [7, 11) is 0. The van der Waals surface area contributed by atoms with E-state index in [1.54, 1.807) is 0 Å². The summed E-state index contributed by atoms with van der Waals surface area (Å²) in [5, 5.41) is 3.98. The number of hydrogen-bond donors (Lipinski definition) is 1. The van der Waals surface area contributed by atoms with Gasteiger partial charge in [0.1, 0.15) is 0 Å². The zero-order chi connectivity index (χ0) is 14.2. The Bertz CT molecular complexity index is 903. The highest BCUT2D eigenvalue weighted by molar-refractivity contribution is 6.08. The predicted octanol–water partition coefficient (Wildman–Crippen LogP) is 5.47. The second kappa shape index (κ2) is 4.78. The second-order valence-corrected chi connectivity index (χ2v) is 5.59. The lowest BCUT2D eigenvalue weighted by Gasteiger charge is -2.12. The van der Waals surface area contributed by atoms with Crippen molar-refractivity contribution in [2.75, 3.05) is 0 Å². The van der Waals surface area contributed by atoms with Gasteiger partial charge in [0.2, 0.25) is 0 Å². The summed E-state index contributed by atoms with van der Waals surface area (Å²) in [6.07, 6.45) is 2.16. The minimum Gasteiger partial charge on any atom is -0.361 e. The van der Waals surface area contributed by atoms with Gasteiger partial charge in [0, 0.05) is 23.0 Å². The van der Waals surface area contributed by atoms with Gasteiger partial charge in [0.25, 0.3) is 0 Å². The summed E-state index contributed by atoms with van der Waals surface area (Å²) in [5.41, 5.74) is 3.94. The minimum absolute atomic E-state index is 0.380. The smallest absolute Gasteiger partial charge is 0.0463 e. The van der Waals surface area contributed by atoms with E-state index in [4.69, 9.17) is 0 Å². The van der Waals surface area contributed by atoms with Crippen molar-refractivity contribution in [1.82, 2.24) is 4.98 Å². The van der Waals surface area contributed by atoms with Crippen molar-refractivity contribution in [3.05, 3.63) is 84.1 Å².